The average molecular weight is 445 g/mol. The van der Waals surface area contributed by atoms with Gasteiger partial charge in [0.1, 0.15) is 11.1 Å². The molecule has 3 aromatic carbocycles. The molecule has 1 aromatic heterocycles. The first-order valence-electron chi connectivity index (χ1n) is 9.62. The van der Waals surface area contributed by atoms with Crippen LogP contribution in [-0.2, 0) is 0 Å². The third kappa shape index (κ3) is 4.17. The molecule has 0 aliphatic heterocycles. The van der Waals surface area contributed by atoms with Gasteiger partial charge in [0.05, 0.1) is 21.5 Å². The Labute approximate surface area is 185 Å². The van der Waals surface area contributed by atoms with Crippen molar-refractivity contribution in [3.05, 3.63) is 109 Å². The number of amides is 1. The van der Waals surface area contributed by atoms with E-state index in [0.29, 0.717) is 28.0 Å². The molecule has 0 bridgehead atoms. The Bertz CT molecular complexity index is 1510. The number of hydrogen-bond acceptors (Lipinski definition) is 7. The first-order valence-corrected chi connectivity index (χ1v) is 9.62. The van der Waals surface area contributed by atoms with E-state index in [0.717, 1.165) is 23.6 Å². The van der Waals surface area contributed by atoms with E-state index in [1.807, 2.05) is 12.1 Å². The topological polar surface area (TPSA) is 146 Å². The molecule has 1 amide bonds. The maximum atomic E-state index is 12.6. The number of non-ortho nitro benzene ring substituents is 1. The van der Waals surface area contributed by atoms with Crippen LogP contribution in [0.5, 0.6) is 0 Å². The van der Waals surface area contributed by atoms with Crippen LogP contribution in [-0.4, -0.2) is 15.8 Å². The Balaban J connectivity index is 1.65. The van der Waals surface area contributed by atoms with E-state index in [2.05, 4.69) is 5.32 Å². The monoisotopic (exact) mass is 445 g/mol. The Morgan fingerprint density at radius 1 is 0.909 bits per heavy atom. The number of carbonyl (C=O) groups is 1. The number of anilines is 1. The number of carbonyl (C=O) groups excluding carboxylic acids is 1. The zero-order valence-electron chi connectivity index (χ0n) is 17.1. The number of para-hydroxylation sites is 1. The van der Waals surface area contributed by atoms with Crippen LogP contribution in [0.15, 0.2) is 75.9 Å². The summed E-state index contributed by atoms with van der Waals surface area (Å²) in [5.74, 6) is -0.797. The normalized spacial score (nSPS) is 10.7. The van der Waals surface area contributed by atoms with E-state index in [9.17, 15) is 29.8 Å². The molecule has 0 fully saturated rings. The second kappa shape index (κ2) is 8.35. The van der Waals surface area contributed by atoms with Gasteiger partial charge in [-0.1, -0.05) is 24.3 Å². The fraction of sp³-hybridized carbons (Fsp3) is 0.0435. The number of fused-ring (bicyclic) bond motifs is 1. The van der Waals surface area contributed by atoms with E-state index >= 15 is 0 Å². The predicted octanol–water partition coefficient (Wildman–Crippen LogP) is 4.84. The lowest BCUT2D eigenvalue weighted by Gasteiger charge is -2.10. The molecule has 164 valence electrons. The van der Waals surface area contributed by atoms with Crippen molar-refractivity contribution in [1.29, 1.82) is 0 Å². The van der Waals surface area contributed by atoms with Gasteiger partial charge in [0, 0.05) is 17.1 Å². The summed E-state index contributed by atoms with van der Waals surface area (Å²) in [6.07, 6.45) is 0. The molecular weight excluding hydrogens is 430 g/mol. The maximum absolute atomic E-state index is 12.6. The molecule has 0 unspecified atom stereocenters. The molecule has 0 saturated carbocycles. The number of aryl methyl sites for hydroxylation is 1. The van der Waals surface area contributed by atoms with E-state index in [4.69, 9.17) is 4.42 Å². The van der Waals surface area contributed by atoms with Gasteiger partial charge < -0.3 is 9.73 Å². The lowest BCUT2D eigenvalue weighted by atomic mass is 10.0. The van der Waals surface area contributed by atoms with Crippen molar-refractivity contribution in [2.45, 2.75) is 6.92 Å². The molecular formula is C23H15N3O7. The van der Waals surface area contributed by atoms with E-state index in [1.54, 1.807) is 43.3 Å². The number of benzene rings is 3. The van der Waals surface area contributed by atoms with Crippen molar-refractivity contribution in [1.82, 2.24) is 0 Å². The molecule has 0 radical (unpaired) electrons. The molecule has 4 aromatic rings. The van der Waals surface area contributed by atoms with Crippen LogP contribution in [0.1, 0.15) is 15.9 Å². The molecule has 10 heteroatoms. The van der Waals surface area contributed by atoms with Crippen LogP contribution >= 0.6 is 0 Å². The van der Waals surface area contributed by atoms with Crippen LogP contribution in [0.4, 0.5) is 17.1 Å². The Kier molecular flexibility index (Phi) is 5.41. The minimum Gasteiger partial charge on any atom is -0.422 e. The first-order chi connectivity index (χ1) is 15.7. The average Bonchev–Trinajstić information content (AvgIpc) is 2.78. The van der Waals surface area contributed by atoms with E-state index in [-0.39, 0.29) is 5.56 Å². The van der Waals surface area contributed by atoms with Crippen molar-refractivity contribution < 1.29 is 19.1 Å². The van der Waals surface area contributed by atoms with Gasteiger partial charge in [-0.25, -0.2) is 4.79 Å². The van der Waals surface area contributed by atoms with Gasteiger partial charge >= 0.3 is 5.63 Å². The summed E-state index contributed by atoms with van der Waals surface area (Å²) >= 11 is 0. The third-order valence-electron chi connectivity index (χ3n) is 5.05. The molecule has 4 rings (SSSR count). The largest absolute Gasteiger partial charge is 0.422 e. The third-order valence-corrected chi connectivity index (χ3v) is 5.05. The fourth-order valence-electron chi connectivity index (χ4n) is 3.47. The second-order valence-electron chi connectivity index (χ2n) is 7.18. The maximum Gasteiger partial charge on any atom is 0.344 e. The summed E-state index contributed by atoms with van der Waals surface area (Å²) in [6, 6.07) is 16.4. The van der Waals surface area contributed by atoms with Crippen molar-refractivity contribution in [3.8, 4) is 11.1 Å². The highest BCUT2D eigenvalue weighted by Crippen LogP contribution is 2.28. The van der Waals surface area contributed by atoms with Crippen molar-refractivity contribution in [3.63, 3.8) is 0 Å². The van der Waals surface area contributed by atoms with Crippen molar-refractivity contribution in [2.75, 3.05) is 5.32 Å². The number of nitrogens with one attached hydrogen (secondary N) is 1. The number of nitro benzene ring substituents is 2. The van der Waals surface area contributed by atoms with Gasteiger partial charge in [0.2, 0.25) is 0 Å². The smallest absolute Gasteiger partial charge is 0.344 e. The summed E-state index contributed by atoms with van der Waals surface area (Å²) in [4.78, 5) is 45.7. The summed E-state index contributed by atoms with van der Waals surface area (Å²) in [7, 11) is 0. The predicted molar refractivity (Wildman–Crippen MR) is 120 cm³/mol. The molecule has 10 nitrogen and oxygen atoms in total. The molecule has 0 aliphatic carbocycles. The van der Waals surface area contributed by atoms with Gasteiger partial charge in [0.15, 0.2) is 0 Å². The van der Waals surface area contributed by atoms with Crippen LogP contribution in [0, 0.1) is 27.2 Å². The highest BCUT2D eigenvalue weighted by atomic mass is 16.6. The number of hydrogen-bond donors (Lipinski definition) is 1. The lowest BCUT2D eigenvalue weighted by molar-refractivity contribution is -0.394. The van der Waals surface area contributed by atoms with Crippen molar-refractivity contribution in [2.24, 2.45) is 0 Å². The van der Waals surface area contributed by atoms with E-state index < -0.39 is 32.8 Å². The Morgan fingerprint density at radius 2 is 1.67 bits per heavy atom. The highest BCUT2D eigenvalue weighted by molar-refractivity contribution is 6.07. The van der Waals surface area contributed by atoms with Crippen LogP contribution in [0.3, 0.4) is 0 Å². The summed E-state index contributed by atoms with van der Waals surface area (Å²) in [5.41, 5.74) is 0.433. The molecule has 0 spiro atoms. The minimum atomic E-state index is -0.852. The molecule has 1 heterocycles. The molecule has 33 heavy (non-hydrogen) atoms. The van der Waals surface area contributed by atoms with Gasteiger partial charge in [-0.05, 0) is 48.4 Å². The number of rotatable bonds is 5. The molecule has 0 aliphatic rings. The van der Waals surface area contributed by atoms with Gasteiger partial charge in [-0.15, -0.1) is 0 Å². The van der Waals surface area contributed by atoms with Gasteiger partial charge in [-0.2, -0.15) is 0 Å². The Hall–Kier alpha value is -4.86. The number of nitrogens with zero attached hydrogens (tertiary/aromatic N) is 2. The highest BCUT2D eigenvalue weighted by Gasteiger charge is 2.24. The quantitative estimate of drug-likeness (QED) is 0.263. The Morgan fingerprint density at radius 3 is 2.36 bits per heavy atom. The first kappa shape index (κ1) is 21.4. The summed E-state index contributed by atoms with van der Waals surface area (Å²) in [6.45, 7) is 1.74. The van der Waals surface area contributed by atoms with Crippen LogP contribution in [0.2, 0.25) is 0 Å². The number of nitro groups is 2. The van der Waals surface area contributed by atoms with Gasteiger partial charge in [-0.3, -0.25) is 25.0 Å². The molecule has 1 N–H and O–H groups in total. The molecule has 0 saturated heterocycles. The zero-order valence-corrected chi connectivity index (χ0v) is 17.1. The zero-order chi connectivity index (χ0) is 23.7. The van der Waals surface area contributed by atoms with Crippen LogP contribution < -0.4 is 10.9 Å². The minimum absolute atomic E-state index is 0.317. The SMILES string of the molecule is Cc1cc(NC(=O)c2ccc([N+](=O)[O-])cc2[N+](=O)[O-])ccc1-c1cc2ccccc2oc1=O. The second-order valence-corrected chi connectivity index (χ2v) is 7.18. The fourth-order valence-corrected chi connectivity index (χ4v) is 3.47. The summed E-state index contributed by atoms with van der Waals surface area (Å²) < 4.78 is 5.38. The molecule has 0 atom stereocenters. The summed E-state index contributed by atoms with van der Waals surface area (Å²) in [5, 5.41) is 25.5. The van der Waals surface area contributed by atoms with Crippen molar-refractivity contribution >= 4 is 33.9 Å². The van der Waals surface area contributed by atoms with Gasteiger partial charge in [0.25, 0.3) is 17.3 Å². The standard InChI is InChI=1S/C23H15N3O7/c1-13-10-15(24-22(27)18-9-7-16(25(29)30)12-20(18)26(31)32)6-8-17(13)19-11-14-4-2-3-5-21(14)33-23(19)28/h2-12H,1H3,(H,24,27). The van der Waals surface area contributed by atoms with E-state index in [1.165, 1.54) is 0 Å². The van der Waals surface area contributed by atoms with Crippen LogP contribution in [0.25, 0.3) is 22.1 Å². The lowest BCUT2D eigenvalue weighted by Crippen LogP contribution is -2.14.